The highest BCUT2D eigenvalue weighted by molar-refractivity contribution is 6.05. The summed E-state index contributed by atoms with van der Waals surface area (Å²) in [7, 11) is 1.54. The smallest absolute Gasteiger partial charge is 0.228 e. The molecule has 1 saturated heterocycles. The van der Waals surface area contributed by atoms with Gasteiger partial charge >= 0.3 is 0 Å². The van der Waals surface area contributed by atoms with Gasteiger partial charge in [0.15, 0.2) is 6.29 Å². The molecule has 0 unspecified atom stereocenters. The fraction of sp³-hybridized carbons (Fsp3) is 0.200. The van der Waals surface area contributed by atoms with Gasteiger partial charge in [-0.15, -0.1) is 0 Å². The van der Waals surface area contributed by atoms with Crippen molar-refractivity contribution in [1.29, 1.82) is 0 Å². The van der Waals surface area contributed by atoms with Crippen molar-refractivity contribution in [1.82, 2.24) is 0 Å². The van der Waals surface area contributed by atoms with E-state index in [1.165, 1.54) is 0 Å². The zero-order valence-corrected chi connectivity index (χ0v) is 10.6. The van der Waals surface area contributed by atoms with Gasteiger partial charge in [0.25, 0.3) is 0 Å². The van der Waals surface area contributed by atoms with E-state index in [9.17, 15) is 9.59 Å². The van der Waals surface area contributed by atoms with Crippen molar-refractivity contribution in [3.63, 3.8) is 0 Å². The third-order valence-corrected chi connectivity index (χ3v) is 3.50. The highest BCUT2D eigenvalue weighted by atomic mass is 16.5. The molecule has 0 aliphatic carbocycles. The Kier molecular flexibility index (Phi) is 2.71. The zero-order valence-electron chi connectivity index (χ0n) is 10.6. The molecular formula is C15H13NO3. The molecule has 0 radical (unpaired) electrons. The van der Waals surface area contributed by atoms with Crippen LogP contribution in [0.4, 0.5) is 5.69 Å². The van der Waals surface area contributed by atoms with Crippen molar-refractivity contribution in [2.45, 2.75) is 6.42 Å². The molecule has 0 aromatic heterocycles. The van der Waals surface area contributed by atoms with Crippen molar-refractivity contribution in [2.24, 2.45) is 0 Å². The Labute approximate surface area is 110 Å². The second kappa shape index (κ2) is 4.39. The number of nitrogens with zero attached hydrogens (tertiary/aromatic N) is 1. The number of β-lactam (4-membered cyclic amide) rings is 1. The third kappa shape index (κ3) is 1.76. The van der Waals surface area contributed by atoms with Crippen LogP contribution >= 0.6 is 0 Å². The number of anilines is 1. The van der Waals surface area contributed by atoms with Crippen molar-refractivity contribution in [3.05, 3.63) is 35.9 Å². The summed E-state index contributed by atoms with van der Waals surface area (Å²) in [6, 6.07) is 9.33. The third-order valence-electron chi connectivity index (χ3n) is 3.50. The van der Waals surface area contributed by atoms with Crippen LogP contribution in [0.1, 0.15) is 16.8 Å². The summed E-state index contributed by atoms with van der Waals surface area (Å²) < 4.78 is 5.18. The topological polar surface area (TPSA) is 46.6 Å². The van der Waals surface area contributed by atoms with Crippen molar-refractivity contribution < 1.29 is 14.3 Å². The molecule has 0 atom stereocenters. The molecule has 2 aromatic rings. The Bertz CT molecular complexity index is 678. The number of carbonyl (C=O) groups excluding carboxylic acids is 2. The van der Waals surface area contributed by atoms with Gasteiger partial charge in [-0.1, -0.05) is 12.1 Å². The molecule has 1 fully saturated rings. The zero-order chi connectivity index (χ0) is 13.4. The SMILES string of the molecule is COc1ccc2cc(N3CCC3=O)ccc2c1C=O. The predicted octanol–water partition coefficient (Wildman–Crippen LogP) is 2.40. The summed E-state index contributed by atoms with van der Waals surface area (Å²) in [5.41, 5.74) is 1.42. The van der Waals surface area contributed by atoms with Gasteiger partial charge < -0.3 is 9.64 Å². The first-order valence-electron chi connectivity index (χ1n) is 6.11. The fourth-order valence-corrected chi connectivity index (χ4v) is 2.38. The maximum atomic E-state index is 11.4. The average Bonchev–Trinajstić information content (AvgIpc) is 2.44. The fourth-order valence-electron chi connectivity index (χ4n) is 2.38. The minimum atomic E-state index is 0.142. The summed E-state index contributed by atoms with van der Waals surface area (Å²) in [5, 5.41) is 1.77. The average molecular weight is 255 g/mol. The number of amides is 1. The molecule has 19 heavy (non-hydrogen) atoms. The normalized spacial score (nSPS) is 14.4. The molecular weight excluding hydrogens is 242 g/mol. The van der Waals surface area contributed by atoms with E-state index in [2.05, 4.69) is 0 Å². The van der Waals surface area contributed by atoms with E-state index in [1.54, 1.807) is 18.1 Å². The van der Waals surface area contributed by atoms with Crippen LogP contribution in [0.3, 0.4) is 0 Å². The molecule has 3 rings (SSSR count). The Balaban J connectivity index is 2.14. The summed E-state index contributed by atoms with van der Waals surface area (Å²) in [6.07, 6.45) is 1.41. The molecule has 1 amide bonds. The molecule has 96 valence electrons. The van der Waals surface area contributed by atoms with Crippen LogP contribution in [-0.4, -0.2) is 25.8 Å². The largest absolute Gasteiger partial charge is 0.496 e. The second-order valence-electron chi connectivity index (χ2n) is 4.50. The molecule has 0 bridgehead atoms. The number of carbonyl (C=O) groups is 2. The monoisotopic (exact) mass is 255 g/mol. The lowest BCUT2D eigenvalue weighted by Crippen LogP contribution is -2.43. The van der Waals surface area contributed by atoms with Crippen LogP contribution in [0.5, 0.6) is 5.75 Å². The van der Waals surface area contributed by atoms with E-state index >= 15 is 0 Å². The van der Waals surface area contributed by atoms with E-state index in [0.717, 1.165) is 29.3 Å². The minimum Gasteiger partial charge on any atom is -0.496 e. The lowest BCUT2D eigenvalue weighted by molar-refractivity contribution is -0.122. The standard InChI is InChI=1S/C15H13NO3/c1-19-14-5-2-10-8-11(16-7-6-15(16)18)3-4-12(10)13(14)9-17/h2-5,8-9H,6-7H2,1H3. The van der Waals surface area contributed by atoms with Gasteiger partial charge in [-0.05, 0) is 29.0 Å². The lowest BCUT2D eigenvalue weighted by Gasteiger charge is -2.30. The summed E-state index contributed by atoms with van der Waals surface area (Å²) in [4.78, 5) is 24.4. The van der Waals surface area contributed by atoms with Crippen LogP contribution in [-0.2, 0) is 4.79 Å². The van der Waals surface area contributed by atoms with Gasteiger partial charge in [0.1, 0.15) is 5.75 Å². The van der Waals surface area contributed by atoms with E-state index in [4.69, 9.17) is 4.74 Å². The Hall–Kier alpha value is -2.36. The van der Waals surface area contributed by atoms with Gasteiger partial charge in [0.05, 0.1) is 12.7 Å². The van der Waals surface area contributed by atoms with E-state index < -0.39 is 0 Å². The molecule has 0 N–H and O–H groups in total. The number of rotatable bonds is 3. The quantitative estimate of drug-likeness (QED) is 0.625. The van der Waals surface area contributed by atoms with Crippen molar-refractivity contribution in [3.8, 4) is 5.75 Å². The second-order valence-corrected chi connectivity index (χ2v) is 4.50. The number of hydrogen-bond donors (Lipinski definition) is 0. The Morgan fingerprint density at radius 3 is 2.68 bits per heavy atom. The Morgan fingerprint density at radius 2 is 2.11 bits per heavy atom. The highest BCUT2D eigenvalue weighted by Gasteiger charge is 2.25. The number of fused-ring (bicyclic) bond motifs is 1. The van der Waals surface area contributed by atoms with Crippen LogP contribution < -0.4 is 9.64 Å². The number of benzene rings is 2. The number of methoxy groups -OCH3 is 1. The minimum absolute atomic E-state index is 0.142. The van der Waals surface area contributed by atoms with Crippen molar-refractivity contribution in [2.75, 3.05) is 18.6 Å². The molecule has 4 heteroatoms. The number of hydrogen-bond acceptors (Lipinski definition) is 3. The van der Waals surface area contributed by atoms with Gasteiger partial charge in [-0.3, -0.25) is 9.59 Å². The number of ether oxygens (including phenoxy) is 1. The van der Waals surface area contributed by atoms with Gasteiger partial charge in [0, 0.05) is 18.7 Å². The summed E-state index contributed by atoms with van der Waals surface area (Å²) in [6.45, 7) is 0.765. The van der Waals surface area contributed by atoms with Crippen molar-refractivity contribution >= 4 is 28.7 Å². The summed E-state index contributed by atoms with van der Waals surface area (Å²) >= 11 is 0. The van der Waals surface area contributed by atoms with Crippen LogP contribution in [0.25, 0.3) is 10.8 Å². The van der Waals surface area contributed by atoms with Gasteiger partial charge in [-0.25, -0.2) is 0 Å². The molecule has 0 saturated carbocycles. The van der Waals surface area contributed by atoms with Crippen LogP contribution in [0.15, 0.2) is 30.3 Å². The maximum Gasteiger partial charge on any atom is 0.228 e. The van der Waals surface area contributed by atoms with E-state index in [1.807, 2.05) is 24.3 Å². The van der Waals surface area contributed by atoms with Crippen LogP contribution in [0.2, 0.25) is 0 Å². The molecule has 1 aliphatic heterocycles. The van der Waals surface area contributed by atoms with Gasteiger partial charge in [0.2, 0.25) is 5.91 Å². The van der Waals surface area contributed by atoms with E-state index in [-0.39, 0.29) is 5.91 Å². The molecule has 1 heterocycles. The molecule has 1 aliphatic rings. The first-order valence-corrected chi connectivity index (χ1v) is 6.11. The van der Waals surface area contributed by atoms with E-state index in [0.29, 0.717) is 17.7 Å². The number of aldehydes is 1. The first kappa shape index (κ1) is 11.7. The highest BCUT2D eigenvalue weighted by Crippen LogP contribution is 2.31. The Morgan fingerprint density at radius 1 is 1.26 bits per heavy atom. The molecule has 0 spiro atoms. The predicted molar refractivity (Wildman–Crippen MR) is 72.9 cm³/mol. The van der Waals surface area contributed by atoms with Crippen LogP contribution in [0, 0.1) is 0 Å². The molecule has 4 nitrogen and oxygen atoms in total. The summed E-state index contributed by atoms with van der Waals surface area (Å²) in [5.74, 6) is 0.707. The lowest BCUT2D eigenvalue weighted by atomic mass is 10.0. The first-order chi connectivity index (χ1) is 9.24. The maximum absolute atomic E-state index is 11.4. The van der Waals surface area contributed by atoms with Gasteiger partial charge in [-0.2, -0.15) is 0 Å². The molecule has 2 aromatic carbocycles.